The average Bonchev–Trinajstić information content (AvgIpc) is 2.35. The molecule has 1 aromatic rings. The number of carbonyl (C=O) groups is 1. The van der Waals surface area contributed by atoms with Crippen molar-refractivity contribution in [3.8, 4) is 0 Å². The van der Waals surface area contributed by atoms with E-state index < -0.39 is 12.4 Å². The van der Waals surface area contributed by atoms with Crippen molar-refractivity contribution >= 4 is 6.09 Å². The lowest BCUT2D eigenvalue weighted by Crippen LogP contribution is -2.31. The molecule has 17 heavy (non-hydrogen) atoms. The second-order valence-corrected chi connectivity index (χ2v) is 3.38. The number of nitrogens with one attached hydrogen (secondary N) is 1. The number of amides is 1. The van der Waals surface area contributed by atoms with Gasteiger partial charge in [0.1, 0.15) is 6.04 Å². The van der Waals surface area contributed by atoms with E-state index >= 15 is 0 Å². The molecular formula is C12H16NO4. The third-order valence-corrected chi connectivity index (χ3v) is 2.28. The molecule has 0 fully saturated rings. The van der Waals surface area contributed by atoms with Gasteiger partial charge in [-0.1, -0.05) is 30.3 Å². The van der Waals surface area contributed by atoms with Crippen LogP contribution in [0.1, 0.15) is 12.0 Å². The first-order chi connectivity index (χ1) is 8.17. The first-order valence-corrected chi connectivity index (χ1v) is 5.14. The molecule has 2 N–H and O–H groups in total. The van der Waals surface area contributed by atoms with Gasteiger partial charge in [0.05, 0.1) is 0 Å². The lowest BCUT2D eigenvalue weighted by Gasteiger charge is -2.21. The second kappa shape index (κ2) is 6.88. The summed E-state index contributed by atoms with van der Waals surface area (Å²) < 4.78 is 10.1. The first kappa shape index (κ1) is 13.5. The molecule has 0 bridgehead atoms. The molecule has 1 aromatic carbocycles. The molecule has 0 atom stereocenters. The van der Waals surface area contributed by atoms with Crippen molar-refractivity contribution in [2.24, 2.45) is 0 Å². The van der Waals surface area contributed by atoms with Crippen LogP contribution in [0.15, 0.2) is 30.3 Å². The Bertz CT molecular complexity index is 338. The zero-order valence-electron chi connectivity index (χ0n) is 9.84. The van der Waals surface area contributed by atoms with Crippen molar-refractivity contribution in [2.45, 2.75) is 12.7 Å². The summed E-state index contributed by atoms with van der Waals surface area (Å²) in [4.78, 5) is 10.7. The quantitative estimate of drug-likeness (QED) is 0.742. The highest BCUT2D eigenvalue weighted by molar-refractivity contribution is 5.67. The topological polar surface area (TPSA) is 67.8 Å². The predicted octanol–water partition coefficient (Wildman–Crippen LogP) is 1.84. The minimum absolute atomic E-state index is 0.337. The van der Waals surface area contributed by atoms with Gasteiger partial charge in [-0.3, -0.25) is 0 Å². The SMILES string of the molecule is COC(C[C](NC(=O)O)c1ccccc1)OC. The van der Waals surface area contributed by atoms with Crippen LogP contribution in [0.4, 0.5) is 4.79 Å². The van der Waals surface area contributed by atoms with E-state index in [1.54, 1.807) is 0 Å². The van der Waals surface area contributed by atoms with Crippen LogP contribution in [0.2, 0.25) is 0 Å². The Morgan fingerprint density at radius 2 is 1.88 bits per heavy atom. The highest BCUT2D eigenvalue weighted by atomic mass is 16.7. The number of hydrogen-bond donors (Lipinski definition) is 2. The largest absolute Gasteiger partial charge is 0.465 e. The standard InChI is InChI=1S/C12H16NO4/c1-16-11(17-2)8-10(13-12(14)15)9-6-4-3-5-7-9/h3-7,11,13H,8H2,1-2H3,(H,14,15). The van der Waals surface area contributed by atoms with Gasteiger partial charge in [-0.25, -0.2) is 4.79 Å². The van der Waals surface area contributed by atoms with Gasteiger partial charge >= 0.3 is 6.09 Å². The maximum Gasteiger partial charge on any atom is 0.405 e. The van der Waals surface area contributed by atoms with Crippen LogP contribution in [0.3, 0.4) is 0 Å². The Kier molecular flexibility index (Phi) is 5.45. The average molecular weight is 238 g/mol. The smallest absolute Gasteiger partial charge is 0.405 e. The number of ether oxygens (including phenoxy) is 2. The molecule has 93 valence electrons. The molecule has 0 saturated heterocycles. The Balaban J connectivity index is 2.77. The van der Waals surface area contributed by atoms with Gasteiger partial charge in [-0.05, 0) is 5.56 Å². The van der Waals surface area contributed by atoms with Crippen LogP contribution in [-0.2, 0) is 9.47 Å². The number of benzene rings is 1. The first-order valence-electron chi connectivity index (χ1n) is 5.14. The Morgan fingerprint density at radius 3 is 2.35 bits per heavy atom. The van der Waals surface area contributed by atoms with E-state index in [9.17, 15) is 4.79 Å². The fourth-order valence-electron chi connectivity index (χ4n) is 1.44. The van der Waals surface area contributed by atoms with E-state index in [4.69, 9.17) is 14.6 Å². The summed E-state index contributed by atoms with van der Waals surface area (Å²) in [6.07, 6.45) is -1.24. The second-order valence-electron chi connectivity index (χ2n) is 3.38. The molecule has 0 aliphatic rings. The van der Waals surface area contributed by atoms with Crippen LogP contribution in [-0.4, -0.2) is 31.7 Å². The summed E-state index contributed by atoms with van der Waals surface area (Å²) in [7, 11) is 3.02. The molecule has 0 heterocycles. The molecule has 5 nitrogen and oxygen atoms in total. The van der Waals surface area contributed by atoms with E-state index in [0.29, 0.717) is 12.5 Å². The maximum absolute atomic E-state index is 10.7. The van der Waals surface area contributed by atoms with Crippen LogP contribution in [0.25, 0.3) is 0 Å². The van der Waals surface area contributed by atoms with Gasteiger partial charge in [-0.2, -0.15) is 0 Å². The molecular weight excluding hydrogens is 222 g/mol. The summed E-state index contributed by atoms with van der Waals surface area (Å²) in [5.41, 5.74) is 0.800. The van der Waals surface area contributed by atoms with E-state index in [-0.39, 0.29) is 0 Å². The Morgan fingerprint density at radius 1 is 1.29 bits per heavy atom. The number of rotatable bonds is 6. The van der Waals surface area contributed by atoms with Gasteiger partial charge in [-0.15, -0.1) is 0 Å². The van der Waals surface area contributed by atoms with Crippen LogP contribution in [0, 0.1) is 6.04 Å². The zero-order chi connectivity index (χ0) is 12.7. The lowest BCUT2D eigenvalue weighted by atomic mass is 10.0. The van der Waals surface area contributed by atoms with Gasteiger partial charge in [0, 0.05) is 20.6 Å². The van der Waals surface area contributed by atoms with E-state index in [1.807, 2.05) is 30.3 Å². The van der Waals surface area contributed by atoms with Crippen LogP contribution < -0.4 is 5.32 Å². The molecule has 0 aliphatic heterocycles. The molecule has 0 saturated carbocycles. The third-order valence-electron chi connectivity index (χ3n) is 2.28. The molecule has 5 heteroatoms. The number of hydrogen-bond acceptors (Lipinski definition) is 3. The summed E-state index contributed by atoms with van der Waals surface area (Å²) >= 11 is 0. The highest BCUT2D eigenvalue weighted by Gasteiger charge is 2.20. The summed E-state index contributed by atoms with van der Waals surface area (Å²) in [6, 6.07) is 9.75. The van der Waals surface area contributed by atoms with E-state index in [1.165, 1.54) is 14.2 Å². The van der Waals surface area contributed by atoms with Crippen molar-refractivity contribution in [1.82, 2.24) is 5.32 Å². The maximum atomic E-state index is 10.7. The minimum atomic E-state index is -1.10. The van der Waals surface area contributed by atoms with E-state index in [2.05, 4.69) is 5.32 Å². The van der Waals surface area contributed by atoms with Crippen LogP contribution in [0.5, 0.6) is 0 Å². The molecule has 0 unspecified atom stereocenters. The van der Waals surface area contributed by atoms with Crippen molar-refractivity contribution in [3.05, 3.63) is 41.9 Å². The zero-order valence-corrected chi connectivity index (χ0v) is 9.84. The Labute approximate surface area is 100 Å². The highest BCUT2D eigenvalue weighted by Crippen LogP contribution is 2.18. The molecule has 1 rings (SSSR count). The fraction of sp³-hybridized carbons (Fsp3) is 0.333. The normalized spacial score (nSPS) is 10.8. The third kappa shape index (κ3) is 4.42. The van der Waals surface area contributed by atoms with E-state index in [0.717, 1.165) is 5.56 Å². The van der Waals surface area contributed by atoms with Gasteiger partial charge < -0.3 is 19.9 Å². The Hall–Kier alpha value is -1.59. The summed E-state index contributed by atoms with van der Waals surface area (Å²) in [5, 5.41) is 11.2. The van der Waals surface area contributed by atoms with Crippen molar-refractivity contribution in [1.29, 1.82) is 0 Å². The van der Waals surface area contributed by atoms with Crippen molar-refractivity contribution in [2.75, 3.05) is 14.2 Å². The molecule has 0 aliphatic carbocycles. The fourth-order valence-corrected chi connectivity index (χ4v) is 1.44. The van der Waals surface area contributed by atoms with Crippen molar-refractivity contribution < 1.29 is 19.4 Å². The van der Waals surface area contributed by atoms with Gasteiger partial charge in [0.15, 0.2) is 6.29 Å². The van der Waals surface area contributed by atoms with Gasteiger partial charge in [0.25, 0.3) is 0 Å². The minimum Gasteiger partial charge on any atom is -0.465 e. The molecule has 1 amide bonds. The lowest BCUT2D eigenvalue weighted by molar-refractivity contribution is -0.103. The summed E-state index contributed by atoms with van der Waals surface area (Å²) in [5.74, 6) is 0. The molecule has 1 radical (unpaired) electrons. The number of carboxylic acid groups (broad SMARTS) is 1. The monoisotopic (exact) mass is 238 g/mol. The van der Waals surface area contributed by atoms with Gasteiger partial charge in [0.2, 0.25) is 0 Å². The van der Waals surface area contributed by atoms with Crippen molar-refractivity contribution in [3.63, 3.8) is 0 Å². The number of methoxy groups -OCH3 is 2. The predicted molar refractivity (Wildman–Crippen MR) is 62.4 cm³/mol. The molecule has 0 spiro atoms. The molecule has 0 aromatic heterocycles. The van der Waals surface area contributed by atoms with Crippen LogP contribution >= 0.6 is 0 Å². The summed E-state index contributed by atoms with van der Waals surface area (Å²) in [6.45, 7) is 0.